The molecule has 1 fully saturated rings. The number of amides is 1. The van der Waals surface area contributed by atoms with Crippen molar-refractivity contribution in [1.82, 2.24) is 4.90 Å². The smallest absolute Gasteiger partial charge is 0.410 e. The maximum absolute atomic E-state index is 11.1. The SMILES string of the molecule is CCOC(=O)N1CC[NH+]([O-])CC1. The molecule has 0 aromatic heterocycles. The third kappa shape index (κ3) is 2.35. The Labute approximate surface area is 71.5 Å². The van der Waals surface area contributed by atoms with E-state index in [0.29, 0.717) is 32.8 Å². The minimum Gasteiger partial charge on any atom is -0.634 e. The molecule has 0 aromatic rings. The highest BCUT2D eigenvalue weighted by atomic mass is 16.6. The zero-order valence-corrected chi connectivity index (χ0v) is 7.21. The highest BCUT2D eigenvalue weighted by molar-refractivity contribution is 5.67. The van der Waals surface area contributed by atoms with Crippen LogP contribution in [0.15, 0.2) is 0 Å². The summed E-state index contributed by atoms with van der Waals surface area (Å²) in [6.07, 6.45) is -0.301. The molecule has 0 spiro atoms. The summed E-state index contributed by atoms with van der Waals surface area (Å²) < 4.78 is 4.79. The van der Waals surface area contributed by atoms with Crippen molar-refractivity contribution in [2.24, 2.45) is 0 Å². The normalized spacial score (nSPS) is 19.3. The topological polar surface area (TPSA) is 57.0 Å². The molecule has 0 unspecified atom stereocenters. The van der Waals surface area contributed by atoms with Crippen LogP contribution in [-0.4, -0.2) is 43.8 Å². The molecule has 0 saturated carbocycles. The zero-order valence-electron chi connectivity index (χ0n) is 7.21. The Bertz CT molecular complexity index is 155. The largest absolute Gasteiger partial charge is 0.634 e. The third-order valence-electron chi connectivity index (χ3n) is 1.85. The standard InChI is InChI=1S/C7H14N2O3/c1-2-12-7(10)8-3-5-9(11)6-4-8/h9H,2-6H2,1H3. The fraction of sp³-hybridized carbons (Fsp3) is 0.857. The van der Waals surface area contributed by atoms with E-state index >= 15 is 0 Å². The summed E-state index contributed by atoms with van der Waals surface area (Å²) in [5.74, 6) is 0. The van der Waals surface area contributed by atoms with E-state index in [1.54, 1.807) is 11.8 Å². The van der Waals surface area contributed by atoms with E-state index in [9.17, 15) is 10.0 Å². The Hall–Kier alpha value is -0.810. The van der Waals surface area contributed by atoms with Crippen molar-refractivity contribution in [3.05, 3.63) is 5.21 Å². The second-order valence-electron chi connectivity index (χ2n) is 2.72. The molecule has 0 radical (unpaired) electrons. The van der Waals surface area contributed by atoms with Gasteiger partial charge in [0.25, 0.3) is 0 Å². The van der Waals surface area contributed by atoms with Gasteiger partial charge >= 0.3 is 6.09 Å². The van der Waals surface area contributed by atoms with E-state index in [1.807, 2.05) is 0 Å². The Morgan fingerprint density at radius 2 is 2.17 bits per heavy atom. The quantitative estimate of drug-likeness (QED) is 0.510. The Morgan fingerprint density at radius 1 is 1.58 bits per heavy atom. The molecule has 1 aliphatic rings. The van der Waals surface area contributed by atoms with Crippen molar-refractivity contribution in [3.63, 3.8) is 0 Å². The molecule has 1 rings (SSSR count). The fourth-order valence-corrected chi connectivity index (χ4v) is 1.15. The van der Waals surface area contributed by atoms with Gasteiger partial charge in [-0.3, -0.25) is 4.90 Å². The molecule has 5 nitrogen and oxygen atoms in total. The van der Waals surface area contributed by atoms with Gasteiger partial charge < -0.3 is 15.0 Å². The number of nitrogens with zero attached hydrogens (tertiary/aromatic N) is 1. The minimum absolute atomic E-state index is 0.232. The van der Waals surface area contributed by atoms with Gasteiger partial charge in [0, 0.05) is 0 Å². The van der Waals surface area contributed by atoms with Crippen molar-refractivity contribution in [3.8, 4) is 0 Å². The van der Waals surface area contributed by atoms with E-state index < -0.39 is 0 Å². The number of hydroxylamine groups is 2. The van der Waals surface area contributed by atoms with Crippen LogP contribution in [0.4, 0.5) is 4.79 Å². The van der Waals surface area contributed by atoms with Gasteiger partial charge in [0.2, 0.25) is 0 Å². The van der Waals surface area contributed by atoms with Crippen molar-refractivity contribution in [2.45, 2.75) is 6.92 Å². The molecule has 0 atom stereocenters. The van der Waals surface area contributed by atoms with E-state index in [4.69, 9.17) is 4.74 Å². The first-order chi connectivity index (χ1) is 5.74. The average Bonchev–Trinajstić information content (AvgIpc) is 2.06. The number of carbonyl (C=O) groups excluding carboxylic acids is 1. The second kappa shape index (κ2) is 4.27. The molecule has 5 heteroatoms. The van der Waals surface area contributed by atoms with Gasteiger partial charge in [-0.05, 0) is 6.92 Å². The van der Waals surface area contributed by atoms with Crippen molar-refractivity contribution < 1.29 is 14.6 Å². The number of hydrogen-bond donors (Lipinski definition) is 1. The molecule has 1 aliphatic heterocycles. The number of ether oxygens (including phenoxy) is 1. The van der Waals surface area contributed by atoms with E-state index in [0.717, 1.165) is 0 Å². The Kier molecular flexibility index (Phi) is 3.31. The van der Waals surface area contributed by atoms with Gasteiger partial charge in [-0.2, -0.15) is 0 Å². The second-order valence-corrected chi connectivity index (χ2v) is 2.72. The number of quaternary nitrogens is 1. The lowest BCUT2D eigenvalue weighted by Crippen LogP contribution is -3.10. The molecular formula is C7H14N2O3. The molecule has 0 aromatic carbocycles. The van der Waals surface area contributed by atoms with Crippen LogP contribution < -0.4 is 5.06 Å². The van der Waals surface area contributed by atoms with Crippen LogP contribution in [0.25, 0.3) is 0 Å². The molecule has 1 heterocycles. The van der Waals surface area contributed by atoms with Gasteiger partial charge in [0.1, 0.15) is 0 Å². The molecule has 12 heavy (non-hydrogen) atoms. The summed E-state index contributed by atoms with van der Waals surface area (Å²) in [6, 6.07) is 0. The highest BCUT2D eigenvalue weighted by Crippen LogP contribution is 1.93. The number of piperazine rings is 1. The van der Waals surface area contributed by atoms with Gasteiger partial charge in [-0.25, -0.2) is 4.79 Å². The summed E-state index contributed by atoms with van der Waals surface area (Å²) in [5.41, 5.74) is 0. The summed E-state index contributed by atoms with van der Waals surface area (Å²) >= 11 is 0. The van der Waals surface area contributed by atoms with E-state index in [-0.39, 0.29) is 11.2 Å². The Balaban J connectivity index is 2.29. The predicted octanol–water partition coefficient (Wildman–Crippen LogP) is -1.16. The molecular weight excluding hydrogens is 160 g/mol. The zero-order chi connectivity index (χ0) is 8.97. The summed E-state index contributed by atoms with van der Waals surface area (Å²) in [6.45, 7) is 4.13. The van der Waals surface area contributed by atoms with E-state index in [2.05, 4.69) is 0 Å². The Morgan fingerprint density at radius 3 is 2.67 bits per heavy atom. The van der Waals surface area contributed by atoms with Gasteiger partial charge in [0.15, 0.2) is 0 Å². The molecule has 1 N–H and O–H groups in total. The predicted molar refractivity (Wildman–Crippen MR) is 42.7 cm³/mol. The number of hydrogen-bond acceptors (Lipinski definition) is 3. The third-order valence-corrected chi connectivity index (χ3v) is 1.85. The van der Waals surface area contributed by atoms with Crippen LogP contribution >= 0.6 is 0 Å². The molecule has 1 amide bonds. The monoisotopic (exact) mass is 174 g/mol. The first-order valence-corrected chi connectivity index (χ1v) is 4.17. The van der Waals surface area contributed by atoms with Crippen LogP contribution in [0.3, 0.4) is 0 Å². The first kappa shape index (κ1) is 9.28. The molecule has 0 aliphatic carbocycles. The van der Waals surface area contributed by atoms with Crippen molar-refractivity contribution in [2.75, 3.05) is 32.8 Å². The first-order valence-electron chi connectivity index (χ1n) is 4.17. The average molecular weight is 174 g/mol. The molecule has 0 bridgehead atoms. The maximum atomic E-state index is 11.1. The summed E-state index contributed by atoms with van der Waals surface area (Å²) in [7, 11) is 0. The lowest BCUT2D eigenvalue weighted by molar-refractivity contribution is -0.852. The van der Waals surface area contributed by atoms with Crippen LogP contribution in [-0.2, 0) is 4.74 Å². The molecule has 1 saturated heterocycles. The van der Waals surface area contributed by atoms with Crippen LogP contribution in [0, 0.1) is 5.21 Å². The summed E-state index contributed by atoms with van der Waals surface area (Å²) in [5, 5.41) is 11.0. The van der Waals surface area contributed by atoms with Crippen LogP contribution in [0.5, 0.6) is 0 Å². The van der Waals surface area contributed by atoms with Crippen LogP contribution in [0.2, 0.25) is 0 Å². The number of carbonyl (C=O) groups is 1. The van der Waals surface area contributed by atoms with Crippen molar-refractivity contribution in [1.29, 1.82) is 0 Å². The number of nitrogens with one attached hydrogen (secondary N) is 1. The van der Waals surface area contributed by atoms with E-state index in [1.165, 1.54) is 0 Å². The number of rotatable bonds is 1. The van der Waals surface area contributed by atoms with Gasteiger partial charge in [0.05, 0.1) is 32.8 Å². The fourth-order valence-electron chi connectivity index (χ4n) is 1.15. The van der Waals surface area contributed by atoms with Gasteiger partial charge in [-0.1, -0.05) is 0 Å². The highest BCUT2D eigenvalue weighted by Gasteiger charge is 2.20. The van der Waals surface area contributed by atoms with Crippen LogP contribution in [0.1, 0.15) is 6.92 Å². The van der Waals surface area contributed by atoms with Gasteiger partial charge in [-0.15, -0.1) is 0 Å². The molecule has 70 valence electrons. The minimum atomic E-state index is -0.301. The maximum Gasteiger partial charge on any atom is 0.410 e. The summed E-state index contributed by atoms with van der Waals surface area (Å²) in [4.78, 5) is 12.7. The van der Waals surface area contributed by atoms with Crippen molar-refractivity contribution >= 4 is 6.09 Å². The lowest BCUT2D eigenvalue weighted by atomic mass is 10.4. The lowest BCUT2D eigenvalue weighted by Gasteiger charge is -2.33.